The molecule has 8 heteroatoms. The lowest BCUT2D eigenvalue weighted by Gasteiger charge is -2.22. The van der Waals surface area contributed by atoms with E-state index in [9.17, 15) is 14.3 Å². The zero-order chi connectivity index (χ0) is 27.9. The number of ether oxygens (including phenoxy) is 2. The lowest BCUT2D eigenvalue weighted by Crippen LogP contribution is -2.29. The molecule has 0 aromatic carbocycles. The van der Waals surface area contributed by atoms with Crippen molar-refractivity contribution >= 4 is 13.6 Å². The Kier molecular flexibility index (Phi) is 23.1. The first-order valence-corrected chi connectivity index (χ1v) is 16.7. The minimum atomic E-state index is -3.74. The molecule has 37 heavy (non-hydrogen) atoms. The molecule has 7 nitrogen and oxygen atoms in total. The molecule has 0 heterocycles. The molecule has 0 saturated carbocycles. The summed E-state index contributed by atoms with van der Waals surface area (Å²) in [5.74, 6) is 0.722. The summed E-state index contributed by atoms with van der Waals surface area (Å²) < 4.78 is 28.9. The molecule has 0 aliphatic heterocycles. The van der Waals surface area contributed by atoms with Crippen molar-refractivity contribution in [3.8, 4) is 0 Å². The first-order valence-electron chi connectivity index (χ1n) is 15.0. The maximum Gasteiger partial charge on any atom is 0.329 e. The topological polar surface area (TPSA) is 85.3 Å². The summed E-state index contributed by atoms with van der Waals surface area (Å²) in [4.78, 5) is 23.9. The highest BCUT2D eigenvalue weighted by Crippen LogP contribution is 2.41. The number of unbranched alkanes of at least 4 members (excludes halogenated alkanes) is 9. The van der Waals surface area contributed by atoms with Gasteiger partial charge in [-0.05, 0) is 38.8 Å². The van der Waals surface area contributed by atoms with Crippen LogP contribution in [0.4, 0.5) is 0 Å². The molecule has 4 unspecified atom stereocenters. The quantitative estimate of drug-likeness (QED) is 0.0681. The van der Waals surface area contributed by atoms with E-state index in [-0.39, 0.29) is 25.3 Å². The van der Waals surface area contributed by atoms with Crippen molar-refractivity contribution < 1.29 is 28.3 Å². The van der Waals surface area contributed by atoms with E-state index in [0.29, 0.717) is 37.8 Å². The summed E-state index contributed by atoms with van der Waals surface area (Å²) in [6.07, 6.45) is 16.3. The Bertz CT molecular complexity index is 589. The van der Waals surface area contributed by atoms with E-state index < -0.39 is 13.7 Å². The van der Waals surface area contributed by atoms with Crippen molar-refractivity contribution in [2.75, 3.05) is 46.6 Å². The van der Waals surface area contributed by atoms with Crippen molar-refractivity contribution in [2.45, 2.75) is 124 Å². The highest BCUT2D eigenvalue weighted by atomic mass is 31.2. The highest BCUT2D eigenvalue weighted by molar-refractivity contribution is 7.52. The zero-order valence-electron chi connectivity index (χ0n) is 25.0. The van der Waals surface area contributed by atoms with E-state index in [0.717, 1.165) is 6.42 Å². The van der Waals surface area contributed by atoms with Gasteiger partial charge in [-0.25, -0.2) is 0 Å². The summed E-state index contributed by atoms with van der Waals surface area (Å²) in [5, 5.41) is 0. The second-order valence-corrected chi connectivity index (χ2v) is 13.3. The Morgan fingerprint density at radius 3 is 2.00 bits per heavy atom. The van der Waals surface area contributed by atoms with Gasteiger partial charge in [-0.2, -0.15) is 0 Å². The Morgan fingerprint density at radius 1 is 0.838 bits per heavy atom. The maximum atomic E-state index is 12.3. The van der Waals surface area contributed by atoms with Gasteiger partial charge in [-0.3, -0.25) is 9.36 Å². The molecule has 0 aromatic rings. The highest BCUT2D eigenvalue weighted by Gasteiger charge is 2.24. The molecular weight excluding hydrogens is 489 g/mol. The van der Waals surface area contributed by atoms with Crippen LogP contribution in [-0.2, 0) is 23.4 Å². The van der Waals surface area contributed by atoms with E-state index in [1.807, 2.05) is 25.9 Å². The summed E-state index contributed by atoms with van der Waals surface area (Å²) >= 11 is 0. The van der Waals surface area contributed by atoms with Crippen LogP contribution in [0.1, 0.15) is 118 Å². The predicted octanol–water partition coefficient (Wildman–Crippen LogP) is 7.45. The molecule has 0 aliphatic rings. The molecule has 222 valence electrons. The summed E-state index contributed by atoms with van der Waals surface area (Å²) in [5.41, 5.74) is 0. The number of esters is 1. The van der Waals surface area contributed by atoms with Gasteiger partial charge in [0.2, 0.25) is 0 Å². The molecule has 1 N–H and O–H groups in total. The zero-order valence-corrected chi connectivity index (χ0v) is 25.9. The van der Waals surface area contributed by atoms with Crippen LogP contribution in [0.25, 0.3) is 0 Å². The Hall–Kier alpha value is -0.460. The minimum Gasteiger partial charge on any atom is -0.457 e. The fourth-order valence-electron chi connectivity index (χ4n) is 4.41. The average Bonchev–Trinajstić information content (AvgIpc) is 2.82. The molecule has 0 spiro atoms. The van der Waals surface area contributed by atoms with Gasteiger partial charge in [0, 0.05) is 19.6 Å². The van der Waals surface area contributed by atoms with Gasteiger partial charge in [-0.15, -0.1) is 0 Å². The number of nitrogens with zero attached hydrogens (tertiary/aromatic N) is 1. The largest absolute Gasteiger partial charge is 0.457 e. The Balaban J connectivity index is 4.18. The van der Waals surface area contributed by atoms with Crippen LogP contribution in [-0.4, -0.2) is 68.5 Å². The third-order valence-corrected chi connectivity index (χ3v) is 7.92. The smallest absolute Gasteiger partial charge is 0.329 e. The number of rotatable bonds is 26. The van der Waals surface area contributed by atoms with Gasteiger partial charge in [0.1, 0.15) is 6.10 Å². The summed E-state index contributed by atoms with van der Waals surface area (Å²) in [6.45, 7) is 9.72. The third kappa shape index (κ3) is 24.3. The molecular formula is C29H60NO6P. The van der Waals surface area contributed by atoms with Crippen LogP contribution in [0.5, 0.6) is 0 Å². The van der Waals surface area contributed by atoms with Crippen molar-refractivity contribution in [1.29, 1.82) is 0 Å². The first kappa shape index (κ1) is 36.5. The molecule has 0 aliphatic carbocycles. The van der Waals surface area contributed by atoms with Crippen molar-refractivity contribution in [1.82, 2.24) is 4.90 Å². The van der Waals surface area contributed by atoms with Gasteiger partial charge in [0.15, 0.2) is 0 Å². The van der Waals surface area contributed by atoms with Crippen molar-refractivity contribution in [2.24, 2.45) is 11.8 Å². The van der Waals surface area contributed by atoms with Crippen LogP contribution >= 0.6 is 7.60 Å². The number of hydrogen-bond donors (Lipinski definition) is 1. The number of hydrogen-bond acceptors (Lipinski definition) is 6. The van der Waals surface area contributed by atoms with Gasteiger partial charge < -0.3 is 23.8 Å². The Morgan fingerprint density at radius 2 is 1.43 bits per heavy atom. The van der Waals surface area contributed by atoms with Crippen LogP contribution in [0, 0.1) is 11.8 Å². The van der Waals surface area contributed by atoms with Gasteiger partial charge in [-0.1, -0.05) is 98.3 Å². The molecule has 0 bridgehead atoms. The molecule has 0 rings (SSSR count). The lowest BCUT2D eigenvalue weighted by atomic mass is 9.93. The number of carbonyl (C=O) groups excluding carboxylic acids is 1. The average molecular weight is 550 g/mol. The fraction of sp³-hybridized carbons (Fsp3) is 0.966. The molecule has 0 aromatic heterocycles. The summed E-state index contributed by atoms with van der Waals surface area (Å²) in [7, 11) is -0.0725. The second-order valence-electron chi connectivity index (χ2n) is 11.3. The van der Waals surface area contributed by atoms with E-state index >= 15 is 0 Å². The van der Waals surface area contributed by atoms with E-state index in [4.69, 9.17) is 14.0 Å². The van der Waals surface area contributed by atoms with E-state index in [1.165, 1.54) is 70.6 Å². The third-order valence-electron chi connectivity index (χ3n) is 6.61. The molecule has 4 atom stereocenters. The maximum absolute atomic E-state index is 12.3. The molecule has 0 fully saturated rings. The Labute approximate surface area is 228 Å². The van der Waals surface area contributed by atoms with Crippen molar-refractivity contribution in [3.05, 3.63) is 0 Å². The van der Waals surface area contributed by atoms with Crippen molar-refractivity contribution in [3.63, 3.8) is 0 Å². The lowest BCUT2D eigenvalue weighted by molar-refractivity contribution is -0.154. The molecule has 0 saturated heterocycles. The second kappa shape index (κ2) is 23.4. The normalized spacial score (nSPS) is 15.9. The van der Waals surface area contributed by atoms with E-state index in [1.54, 1.807) is 0 Å². The molecule has 0 radical (unpaired) electrons. The van der Waals surface area contributed by atoms with Gasteiger partial charge in [0.05, 0.1) is 19.4 Å². The van der Waals surface area contributed by atoms with Gasteiger partial charge >= 0.3 is 13.6 Å². The first-order chi connectivity index (χ1) is 17.6. The predicted molar refractivity (Wildman–Crippen MR) is 154 cm³/mol. The van der Waals surface area contributed by atoms with Crippen LogP contribution in [0.3, 0.4) is 0 Å². The molecule has 0 amide bonds. The standard InChI is InChI=1S/C29H60NO6P/c1-7-9-10-11-12-13-14-15-16-17-19-26(3)22-27(4)23-34-24-28(36-29(31)18-8-2)25-35-37(32,33)21-20-30(5)6/h26-28H,7-25H2,1-6H3,(H,32,33). The van der Waals surface area contributed by atoms with Gasteiger partial charge in [0.25, 0.3) is 0 Å². The fourth-order valence-corrected chi connectivity index (χ4v) is 5.59. The summed E-state index contributed by atoms with van der Waals surface area (Å²) in [6, 6.07) is 0. The monoisotopic (exact) mass is 549 g/mol. The minimum absolute atomic E-state index is 0.0322. The van der Waals surface area contributed by atoms with Crippen LogP contribution in [0.15, 0.2) is 0 Å². The van der Waals surface area contributed by atoms with Crippen LogP contribution in [0.2, 0.25) is 0 Å². The SMILES string of the molecule is CCCCCCCCCCCCC(C)CC(C)COCC(COP(=O)(O)CCN(C)C)OC(=O)CCC. The van der Waals surface area contributed by atoms with E-state index in [2.05, 4.69) is 20.8 Å². The van der Waals surface area contributed by atoms with Crippen LogP contribution < -0.4 is 0 Å². The number of carbonyl (C=O) groups is 1.